The first kappa shape index (κ1) is 20.9. The summed E-state index contributed by atoms with van der Waals surface area (Å²) in [6.07, 6.45) is 0. The van der Waals surface area contributed by atoms with Gasteiger partial charge >= 0.3 is 0 Å². The largest absolute Gasteiger partial charge is 0.346 e. The van der Waals surface area contributed by atoms with Gasteiger partial charge in [-0.25, -0.2) is 0 Å². The van der Waals surface area contributed by atoms with Crippen molar-refractivity contribution >= 4 is 33.6 Å². The van der Waals surface area contributed by atoms with Gasteiger partial charge in [-0.1, -0.05) is 42.5 Å². The molecule has 4 heterocycles. The van der Waals surface area contributed by atoms with E-state index in [-0.39, 0.29) is 18.4 Å². The molecule has 0 spiro atoms. The average Bonchev–Trinajstić information content (AvgIpc) is 3.17. The molecule has 172 valence electrons. The van der Waals surface area contributed by atoms with E-state index in [1.54, 1.807) is 9.80 Å². The molecule has 7 heteroatoms. The molecule has 4 aromatic rings. The Labute approximate surface area is 198 Å². The summed E-state index contributed by atoms with van der Waals surface area (Å²) >= 11 is 0. The molecule has 6 rings (SSSR count). The minimum Gasteiger partial charge on any atom is -0.346 e. The Hall–Kier alpha value is -3.71. The second-order valence-electron chi connectivity index (χ2n) is 9.28. The molecule has 2 fully saturated rings. The number of carbonyl (C=O) groups is 2. The van der Waals surface area contributed by atoms with Gasteiger partial charge in [0.2, 0.25) is 11.8 Å². The molecule has 2 aromatic carbocycles. The van der Waals surface area contributed by atoms with Crippen molar-refractivity contribution in [1.29, 1.82) is 0 Å². The molecule has 2 saturated heterocycles. The third kappa shape index (κ3) is 3.62. The van der Waals surface area contributed by atoms with Crippen LogP contribution >= 0.6 is 0 Å². The third-order valence-corrected chi connectivity index (χ3v) is 7.15. The van der Waals surface area contributed by atoms with E-state index in [0.717, 1.165) is 39.7 Å². The lowest BCUT2D eigenvalue weighted by atomic mass is 10.1. The lowest BCUT2D eigenvalue weighted by Gasteiger charge is -2.46. The SMILES string of the molecule is Cn1c(CN2CC(=O)N3CCN(Cc4ccc5ccccc5n4)CC3C2=O)cc2ccccc21. The highest BCUT2D eigenvalue weighted by Gasteiger charge is 2.42. The molecule has 0 radical (unpaired) electrons. The van der Waals surface area contributed by atoms with Crippen LogP contribution in [0.15, 0.2) is 66.7 Å². The number of nitrogens with zero attached hydrogens (tertiary/aromatic N) is 5. The van der Waals surface area contributed by atoms with E-state index in [1.165, 1.54) is 0 Å². The highest BCUT2D eigenvalue weighted by atomic mass is 16.2. The normalized spacial score (nSPS) is 19.3. The molecule has 1 unspecified atom stereocenters. The van der Waals surface area contributed by atoms with Crippen LogP contribution in [0.2, 0.25) is 0 Å². The number of carbonyl (C=O) groups excluding carboxylic acids is 2. The summed E-state index contributed by atoms with van der Waals surface area (Å²) in [5.41, 5.74) is 4.11. The molecular formula is C27H27N5O2. The number of benzene rings is 2. The van der Waals surface area contributed by atoms with Gasteiger partial charge in [0.15, 0.2) is 0 Å². The van der Waals surface area contributed by atoms with E-state index in [0.29, 0.717) is 26.2 Å². The van der Waals surface area contributed by atoms with Crippen LogP contribution in [0, 0.1) is 0 Å². The van der Waals surface area contributed by atoms with E-state index in [2.05, 4.69) is 45.9 Å². The zero-order valence-corrected chi connectivity index (χ0v) is 19.2. The van der Waals surface area contributed by atoms with Crippen LogP contribution in [0.3, 0.4) is 0 Å². The smallest absolute Gasteiger partial charge is 0.247 e. The lowest BCUT2D eigenvalue weighted by molar-refractivity contribution is -0.160. The maximum Gasteiger partial charge on any atom is 0.247 e. The van der Waals surface area contributed by atoms with Gasteiger partial charge in [0.25, 0.3) is 0 Å². The second kappa shape index (κ2) is 8.25. The lowest BCUT2D eigenvalue weighted by Crippen LogP contribution is -2.66. The van der Waals surface area contributed by atoms with Crippen LogP contribution in [-0.4, -0.2) is 68.3 Å². The van der Waals surface area contributed by atoms with Crippen molar-refractivity contribution in [3.05, 3.63) is 78.1 Å². The second-order valence-corrected chi connectivity index (χ2v) is 9.28. The van der Waals surface area contributed by atoms with Gasteiger partial charge in [0.05, 0.1) is 17.8 Å². The molecule has 0 N–H and O–H groups in total. The summed E-state index contributed by atoms with van der Waals surface area (Å²) < 4.78 is 2.11. The number of aryl methyl sites for hydroxylation is 1. The molecular weight excluding hydrogens is 426 g/mol. The van der Waals surface area contributed by atoms with Crippen LogP contribution < -0.4 is 0 Å². The van der Waals surface area contributed by atoms with Gasteiger partial charge < -0.3 is 14.4 Å². The summed E-state index contributed by atoms with van der Waals surface area (Å²) in [5, 5.41) is 2.26. The van der Waals surface area contributed by atoms with Crippen LogP contribution in [0.4, 0.5) is 0 Å². The predicted molar refractivity (Wildman–Crippen MR) is 131 cm³/mol. The van der Waals surface area contributed by atoms with Crippen molar-refractivity contribution in [2.24, 2.45) is 7.05 Å². The van der Waals surface area contributed by atoms with E-state index in [1.807, 2.05) is 37.4 Å². The molecule has 2 amide bonds. The van der Waals surface area contributed by atoms with Gasteiger partial charge in [-0.15, -0.1) is 0 Å². The number of amides is 2. The molecule has 0 aliphatic carbocycles. The van der Waals surface area contributed by atoms with Crippen LogP contribution in [0.5, 0.6) is 0 Å². The summed E-state index contributed by atoms with van der Waals surface area (Å²) in [6, 6.07) is 22.1. The van der Waals surface area contributed by atoms with E-state index in [9.17, 15) is 9.59 Å². The maximum atomic E-state index is 13.5. The van der Waals surface area contributed by atoms with Crippen molar-refractivity contribution in [1.82, 2.24) is 24.3 Å². The van der Waals surface area contributed by atoms with Crippen LogP contribution in [-0.2, 0) is 29.7 Å². The number of rotatable bonds is 4. The predicted octanol–water partition coefficient (Wildman–Crippen LogP) is 2.78. The van der Waals surface area contributed by atoms with E-state index in [4.69, 9.17) is 4.98 Å². The van der Waals surface area contributed by atoms with Gasteiger partial charge in [0, 0.05) is 49.8 Å². The van der Waals surface area contributed by atoms with E-state index >= 15 is 0 Å². The van der Waals surface area contributed by atoms with Gasteiger partial charge in [-0.05, 0) is 29.7 Å². The van der Waals surface area contributed by atoms with Crippen molar-refractivity contribution in [2.75, 3.05) is 26.2 Å². The first-order valence-corrected chi connectivity index (χ1v) is 11.8. The number of hydrogen-bond acceptors (Lipinski definition) is 4. The number of hydrogen-bond donors (Lipinski definition) is 0. The standard InChI is InChI=1S/C27H27N5O2/c1-29-22(14-20-7-3-5-9-24(20)29)16-31-18-26(33)32-13-12-30(17-25(32)27(31)34)15-21-11-10-19-6-2-4-8-23(19)28-21/h2-11,14,25H,12-13,15-18H2,1H3. The fraction of sp³-hybridized carbons (Fsp3) is 0.296. The fourth-order valence-corrected chi connectivity index (χ4v) is 5.29. The maximum absolute atomic E-state index is 13.5. The van der Waals surface area contributed by atoms with Gasteiger partial charge in [0.1, 0.15) is 12.6 Å². The molecule has 2 aliphatic heterocycles. The Morgan fingerprint density at radius 3 is 2.56 bits per heavy atom. The first-order chi connectivity index (χ1) is 16.6. The van der Waals surface area contributed by atoms with E-state index < -0.39 is 6.04 Å². The molecule has 0 bridgehead atoms. The summed E-state index contributed by atoms with van der Waals surface area (Å²) in [7, 11) is 2.01. The number of fused-ring (bicyclic) bond motifs is 3. The Morgan fingerprint density at radius 1 is 0.912 bits per heavy atom. The molecule has 2 aliphatic rings. The minimum absolute atomic E-state index is 0.0287. The molecule has 7 nitrogen and oxygen atoms in total. The molecule has 34 heavy (non-hydrogen) atoms. The number of pyridine rings is 1. The van der Waals surface area contributed by atoms with Crippen molar-refractivity contribution < 1.29 is 9.59 Å². The summed E-state index contributed by atoms with van der Waals surface area (Å²) in [5.74, 6) is 0.0628. The molecule has 1 atom stereocenters. The fourth-order valence-electron chi connectivity index (χ4n) is 5.29. The Kier molecular flexibility index (Phi) is 5.07. The van der Waals surface area contributed by atoms with Crippen molar-refractivity contribution in [3.63, 3.8) is 0 Å². The highest BCUT2D eigenvalue weighted by Crippen LogP contribution is 2.24. The zero-order valence-electron chi connectivity index (χ0n) is 19.2. The monoisotopic (exact) mass is 453 g/mol. The molecule has 2 aromatic heterocycles. The minimum atomic E-state index is -0.440. The third-order valence-electron chi connectivity index (χ3n) is 7.15. The summed E-state index contributed by atoms with van der Waals surface area (Å²) in [6.45, 7) is 3.10. The zero-order chi connectivity index (χ0) is 23.2. The topological polar surface area (TPSA) is 61.7 Å². The van der Waals surface area contributed by atoms with Crippen molar-refractivity contribution in [3.8, 4) is 0 Å². The number of piperazine rings is 2. The highest BCUT2D eigenvalue weighted by molar-refractivity contribution is 5.95. The molecule has 0 saturated carbocycles. The summed E-state index contributed by atoms with van der Waals surface area (Å²) in [4.78, 5) is 36.9. The Balaban J connectivity index is 1.19. The van der Waals surface area contributed by atoms with Gasteiger partial charge in [-0.2, -0.15) is 0 Å². The van der Waals surface area contributed by atoms with Crippen molar-refractivity contribution in [2.45, 2.75) is 19.1 Å². The van der Waals surface area contributed by atoms with Crippen LogP contribution in [0.1, 0.15) is 11.4 Å². The first-order valence-electron chi connectivity index (χ1n) is 11.8. The van der Waals surface area contributed by atoms with Gasteiger partial charge in [-0.3, -0.25) is 19.5 Å². The number of para-hydroxylation sites is 2. The Morgan fingerprint density at radius 2 is 1.71 bits per heavy atom. The number of aromatic nitrogens is 2. The Bertz CT molecular complexity index is 1410. The average molecular weight is 454 g/mol. The quantitative estimate of drug-likeness (QED) is 0.477. The van der Waals surface area contributed by atoms with Crippen LogP contribution in [0.25, 0.3) is 21.8 Å².